The maximum atomic E-state index is 12.5. The van der Waals surface area contributed by atoms with Crippen LogP contribution in [0.3, 0.4) is 0 Å². The van der Waals surface area contributed by atoms with E-state index in [0.29, 0.717) is 11.1 Å². The number of hydrogen-bond acceptors (Lipinski definition) is 3. The number of hydrogen-bond donors (Lipinski definition) is 1. The van der Waals surface area contributed by atoms with Gasteiger partial charge in [-0.3, -0.25) is 0 Å². The van der Waals surface area contributed by atoms with Gasteiger partial charge in [-0.25, -0.2) is 13.1 Å². The van der Waals surface area contributed by atoms with E-state index in [1.54, 1.807) is 31.4 Å². The summed E-state index contributed by atoms with van der Waals surface area (Å²) in [4.78, 5) is 0.282. The second-order valence-corrected chi connectivity index (χ2v) is 7.50. The summed E-state index contributed by atoms with van der Waals surface area (Å²) in [5, 5.41) is 0.648. The lowest BCUT2D eigenvalue weighted by Crippen LogP contribution is -2.51. The van der Waals surface area contributed by atoms with Gasteiger partial charge in [0.05, 0.1) is 12.0 Å². The van der Waals surface area contributed by atoms with Gasteiger partial charge in [0.15, 0.2) is 0 Å². The van der Waals surface area contributed by atoms with Crippen molar-refractivity contribution in [3.63, 3.8) is 0 Å². The van der Waals surface area contributed by atoms with Crippen molar-refractivity contribution in [1.82, 2.24) is 4.72 Å². The van der Waals surface area contributed by atoms with Crippen LogP contribution in [0.5, 0.6) is 5.75 Å². The van der Waals surface area contributed by atoms with Gasteiger partial charge in [0.1, 0.15) is 5.75 Å². The van der Waals surface area contributed by atoms with Crippen LogP contribution in [-0.4, -0.2) is 26.4 Å². The first-order valence-electron chi connectivity index (χ1n) is 6.75. The minimum atomic E-state index is -3.49. The van der Waals surface area contributed by atoms with Crippen LogP contribution in [0, 0.1) is 0 Å². The standard InChI is InChI=1S/C14H20BrNO3S/c1-19-12-5-7-13(8-6-12)20(17,18)16-14(11-15)9-3-2-4-10-14/h5-8,16H,2-4,9-11H2,1H3. The Balaban J connectivity index is 2.20. The molecule has 1 saturated carbocycles. The maximum absolute atomic E-state index is 12.5. The summed E-state index contributed by atoms with van der Waals surface area (Å²) < 4.78 is 32.9. The van der Waals surface area contributed by atoms with E-state index in [1.807, 2.05) is 0 Å². The molecule has 20 heavy (non-hydrogen) atoms. The molecule has 0 aromatic heterocycles. The van der Waals surface area contributed by atoms with Gasteiger partial charge in [-0.1, -0.05) is 35.2 Å². The topological polar surface area (TPSA) is 55.4 Å². The predicted octanol–water partition coefficient (Wildman–Crippen LogP) is 3.07. The summed E-state index contributed by atoms with van der Waals surface area (Å²) in [6.07, 6.45) is 5.08. The van der Waals surface area contributed by atoms with Crippen LogP contribution in [-0.2, 0) is 10.0 Å². The van der Waals surface area contributed by atoms with Crippen molar-refractivity contribution < 1.29 is 13.2 Å². The van der Waals surface area contributed by atoms with E-state index in [1.165, 1.54) is 6.42 Å². The molecule has 112 valence electrons. The number of benzene rings is 1. The summed E-state index contributed by atoms with van der Waals surface area (Å²) in [6.45, 7) is 0. The zero-order valence-corrected chi connectivity index (χ0v) is 14.0. The number of sulfonamides is 1. The third-order valence-corrected chi connectivity index (χ3v) is 6.45. The van der Waals surface area contributed by atoms with Crippen LogP contribution >= 0.6 is 15.9 Å². The molecule has 0 saturated heterocycles. The Labute approximate surface area is 129 Å². The van der Waals surface area contributed by atoms with Gasteiger partial charge in [0, 0.05) is 10.9 Å². The third-order valence-electron chi connectivity index (χ3n) is 3.79. The highest BCUT2D eigenvalue weighted by atomic mass is 79.9. The molecule has 0 atom stereocenters. The Morgan fingerprint density at radius 3 is 2.30 bits per heavy atom. The molecule has 0 unspecified atom stereocenters. The molecule has 1 fully saturated rings. The average molecular weight is 362 g/mol. The zero-order valence-electron chi connectivity index (χ0n) is 11.6. The van der Waals surface area contributed by atoms with E-state index < -0.39 is 10.0 Å². The molecule has 6 heteroatoms. The van der Waals surface area contributed by atoms with Crippen LogP contribution in [0.2, 0.25) is 0 Å². The van der Waals surface area contributed by atoms with E-state index in [0.717, 1.165) is 25.7 Å². The fraction of sp³-hybridized carbons (Fsp3) is 0.571. The van der Waals surface area contributed by atoms with Gasteiger partial charge in [0.2, 0.25) is 10.0 Å². The first-order chi connectivity index (χ1) is 9.51. The quantitative estimate of drug-likeness (QED) is 0.819. The largest absolute Gasteiger partial charge is 0.497 e. The lowest BCUT2D eigenvalue weighted by Gasteiger charge is -2.36. The van der Waals surface area contributed by atoms with Crippen molar-refractivity contribution in [3.8, 4) is 5.75 Å². The number of nitrogens with one attached hydrogen (secondary N) is 1. The van der Waals surface area contributed by atoms with Gasteiger partial charge < -0.3 is 4.74 Å². The van der Waals surface area contributed by atoms with Gasteiger partial charge in [-0.05, 0) is 37.1 Å². The van der Waals surface area contributed by atoms with Gasteiger partial charge in [0.25, 0.3) is 0 Å². The smallest absolute Gasteiger partial charge is 0.241 e. The molecular weight excluding hydrogens is 342 g/mol. The fourth-order valence-corrected chi connectivity index (χ4v) is 4.94. The third kappa shape index (κ3) is 3.54. The van der Waals surface area contributed by atoms with Gasteiger partial charge in [-0.2, -0.15) is 0 Å². The Bertz CT molecular complexity index is 536. The molecule has 1 aliphatic rings. The molecule has 0 heterocycles. The molecule has 0 aliphatic heterocycles. The lowest BCUT2D eigenvalue weighted by molar-refractivity contribution is 0.301. The summed E-state index contributed by atoms with van der Waals surface area (Å²) in [5.41, 5.74) is -0.350. The van der Waals surface area contributed by atoms with Crippen molar-refractivity contribution >= 4 is 26.0 Å². The number of ether oxygens (including phenoxy) is 1. The first-order valence-corrected chi connectivity index (χ1v) is 9.36. The Hall–Kier alpha value is -0.590. The highest BCUT2D eigenvalue weighted by Gasteiger charge is 2.35. The number of rotatable bonds is 5. The van der Waals surface area contributed by atoms with Crippen molar-refractivity contribution in [1.29, 1.82) is 0 Å². The molecule has 1 N–H and O–H groups in total. The molecule has 0 spiro atoms. The number of alkyl halides is 1. The summed E-state index contributed by atoms with van der Waals surface area (Å²) in [5.74, 6) is 0.650. The highest BCUT2D eigenvalue weighted by Crippen LogP contribution is 2.31. The second-order valence-electron chi connectivity index (χ2n) is 5.26. The van der Waals surface area contributed by atoms with E-state index in [9.17, 15) is 8.42 Å². The van der Waals surface area contributed by atoms with E-state index in [-0.39, 0.29) is 10.4 Å². The summed E-state index contributed by atoms with van der Waals surface area (Å²) >= 11 is 3.47. The monoisotopic (exact) mass is 361 g/mol. The van der Waals surface area contributed by atoms with Crippen molar-refractivity contribution in [3.05, 3.63) is 24.3 Å². The molecule has 1 aliphatic carbocycles. The predicted molar refractivity (Wildman–Crippen MR) is 82.9 cm³/mol. The molecule has 0 radical (unpaired) electrons. The van der Waals surface area contributed by atoms with E-state index in [4.69, 9.17) is 4.74 Å². The van der Waals surface area contributed by atoms with E-state index in [2.05, 4.69) is 20.7 Å². The second kappa shape index (κ2) is 6.45. The average Bonchev–Trinajstić information content (AvgIpc) is 2.48. The summed E-state index contributed by atoms with van der Waals surface area (Å²) in [6, 6.07) is 6.48. The summed E-state index contributed by atoms with van der Waals surface area (Å²) in [7, 11) is -1.93. The van der Waals surface area contributed by atoms with Crippen LogP contribution in [0.1, 0.15) is 32.1 Å². The van der Waals surface area contributed by atoms with E-state index >= 15 is 0 Å². The fourth-order valence-electron chi connectivity index (χ4n) is 2.59. The SMILES string of the molecule is COc1ccc(S(=O)(=O)NC2(CBr)CCCCC2)cc1. The van der Waals surface area contributed by atoms with Gasteiger partial charge >= 0.3 is 0 Å². The normalized spacial score (nSPS) is 18.7. The van der Waals surface area contributed by atoms with Crippen molar-refractivity contribution in [2.45, 2.75) is 42.5 Å². The van der Waals surface area contributed by atoms with Crippen molar-refractivity contribution in [2.75, 3.05) is 12.4 Å². The Morgan fingerprint density at radius 1 is 1.20 bits per heavy atom. The van der Waals surface area contributed by atoms with Crippen molar-refractivity contribution in [2.24, 2.45) is 0 Å². The zero-order chi connectivity index (χ0) is 14.6. The Morgan fingerprint density at radius 2 is 1.80 bits per heavy atom. The maximum Gasteiger partial charge on any atom is 0.241 e. The first kappa shape index (κ1) is 15.8. The molecule has 0 amide bonds. The molecule has 1 aromatic rings. The van der Waals surface area contributed by atoms with Crippen LogP contribution in [0.25, 0.3) is 0 Å². The molecular formula is C14H20BrNO3S. The minimum absolute atomic E-state index is 0.282. The number of halogens is 1. The Kier molecular flexibility index (Phi) is 5.09. The molecule has 1 aromatic carbocycles. The molecule has 2 rings (SSSR count). The van der Waals surface area contributed by atoms with Crippen LogP contribution < -0.4 is 9.46 Å². The number of methoxy groups -OCH3 is 1. The van der Waals surface area contributed by atoms with Crippen LogP contribution in [0.4, 0.5) is 0 Å². The highest BCUT2D eigenvalue weighted by molar-refractivity contribution is 9.09. The minimum Gasteiger partial charge on any atom is -0.497 e. The molecule has 4 nitrogen and oxygen atoms in total. The lowest BCUT2D eigenvalue weighted by atomic mass is 9.84. The van der Waals surface area contributed by atoms with Crippen LogP contribution in [0.15, 0.2) is 29.2 Å². The molecule has 0 bridgehead atoms. The van der Waals surface area contributed by atoms with Gasteiger partial charge in [-0.15, -0.1) is 0 Å².